The second kappa shape index (κ2) is 8.11. The minimum Gasteiger partial charge on any atom is -0.386 e. The highest BCUT2D eigenvalue weighted by atomic mass is 35.5. The van der Waals surface area contributed by atoms with Crippen molar-refractivity contribution < 1.29 is 14.4 Å². The van der Waals surface area contributed by atoms with Crippen molar-refractivity contribution in [3.8, 4) is 0 Å². The van der Waals surface area contributed by atoms with Crippen LogP contribution >= 0.6 is 11.6 Å². The third-order valence-corrected chi connectivity index (χ3v) is 6.22. The van der Waals surface area contributed by atoms with Crippen LogP contribution in [-0.2, 0) is 14.4 Å². The van der Waals surface area contributed by atoms with Crippen LogP contribution in [0.15, 0.2) is 29.4 Å². The van der Waals surface area contributed by atoms with Crippen molar-refractivity contribution in [2.24, 2.45) is 11.1 Å². The van der Waals surface area contributed by atoms with Gasteiger partial charge in [-0.3, -0.25) is 9.59 Å². The van der Waals surface area contributed by atoms with Gasteiger partial charge in [-0.25, -0.2) is 0 Å². The molecule has 0 bridgehead atoms. The van der Waals surface area contributed by atoms with Gasteiger partial charge in [-0.15, -0.1) is 0 Å². The van der Waals surface area contributed by atoms with E-state index in [9.17, 15) is 9.59 Å². The predicted octanol–water partition coefficient (Wildman–Crippen LogP) is 4.00. The lowest BCUT2D eigenvalue weighted by molar-refractivity contribution is -0.145. The van der Waals surface area contributed by atoms with E-state index in [1.807, 2.05) is 4.90 Å². The molecule has 0 unspecified atom stereocenters. The third kappa shape index (κ3) is 4.17. The molecule has 28 heavy (non-hydrogen) atoms. The minimum absolute atomic E-state index is 0.150. The maximum Gasteiger partial charge on any atom is 0.273 e. The Morgan fingerprint density at radius 1 is 1.21 bits per heavy atom. The number of nitrogens with one attached hydrogen (secondary N) is 1. The van der Waals surface area contributed by atoms with Crippen LogP contribution in [0.5, 0.6) is 0 Å². The van der Waals surface area contributed by atoms with E-state index < -0.39 is 5.60 Å². The van der Waals surface area contributed by atoms with Crippen molar-refractivity contribution in [1.29, 1.82) is 0 Å². The molecule has 0 aromatic heterocycles. The zero-order valence-corrected chi connectivity index (χ0v) is 16.7. The zero-order valence-electron chi connectivity index (χ0n) is 16.0. The molecule has 2 aliphatic heterocycles. The number of rotatable bonds is 3. The molecular formula is C21H26ClN3O3. The van der Waals surface area contributed by atoms with Crippen LogP contribution in [0.4, 0.5) is 5.69 Å². The molecule has 7 heteroatoms. The van der Waals surface area contributed by atoms with Crippen molar-refractivity contribution in [3.05, 3.63) is 29.3 Å². The summed E-state index contributed by atoms with van der Waals surface area (Å²) >= 11 is 5.97. The van der Waals surface area contributed by atoms with Gasteiger partial charge in [-0.05, 0) is 43.9 Å². The molecule has 2 heterocycles. The molecule has 0 radical (unpaired) electrons. The summed E-state index contributed by atoms with van der Waals surface area (Å²) < 4.78 is 0. The second-order valence-electron chi connectivity index (χ2n) is 8.15. The molecule has 150 valence electrons. The predicted molar refractivity (Wildman–Crippen MR) is 108 cm³/mol. The van der Waals surface area contributed by atoms with Crippen LogP contribution in [-0.4, -0.2) is 41.1 Å². The number of hydrogen-bond acceptors (Lipinski definition) is 4. The summed E-state index contributed by atoms with van der Waals surface area (Å²) in [7, 11) is 0. The molecule has 6 nitrogen and oxygen atoms in total. The average Bonchev–Trinajstić information content (AvgIpc) is 3.11. The molecular weight excluding hydrogens is 378 g/mol. The van der Waals surface area contributed by atoms with E-state index >= 15 is 0 Å². The number of amides is 2. The Morgan fingerprint density at radius 2 is 2.04 bits per heavy atom. The molecule has 1 aliphatic carbocycles. The monoisotopic (exact) mass is 403 g/mol. The third-order valence-electron chi connectivity index (χ3n) is 5.99. The van der Waals surface area contributed by atoms with Gasteiger partial charge >= 0.3 is 0 Å². The number of nitrogens with zero attached hydrogens (tertiary/aromatic N) is 2. The van der Waals surface area contributed by atoms with Crippen molar-refractivity contribution in [1.82, 2.24) is 4.90 Å². The van der Waals surface area contributed by atoms with Crippen LogP contribution in [0.2, 0.25) is 5.02 Å². The first kappa shape index (κ1) is 19.2. The molecule has 1 atom stereocenters. The number of benzene rings is 1. The van der Waals surface area contributed by atoms with E-state index in [2.05, 4.69) is 10.5 Å². The van der Waals surface area contributed by atoms with Gasteiger partial charge < -0.3 is 15.1 Å². The van der Waals surface area contributed by atoms with E-state index in [0.29, 0.717) is 29.4 Å². The molecule has 1 spiro atoms. The van der Waals surface area contributed by atoms with Gasteiger partial charge in [0.05, 0.1) is 6.54 Å². The molecule has 2 amide bonds. The fourth-order valence-electron chi connectivity index (χ4n) is 4.53. The zero-order chi connectivity index (χ0) is 19.6. The molecule has 1 aromatic rings. The highest BCUT2D eigenvalue weighted by molar-refractivity contribution is 6.43. The van der Waals surface area contributed by atoms with Gasteiger partial charge in [0.1, 0.15) is 5.71 Å². The SMILES string of the molecule is O=C(Nc1cccc(Cl)c1)C1=NO[C@]2(CCCN(C(=O)C3CCCCC3)C2)C1. The normalized spacial score (nSPS) is 25.3. The van der Waals surface area contributed by atoms with E-state index in [1.165, 1.54) is 6.42 Å². The fraction of sp³-hybridized carbons (Fsp3) is 0.571. The van der Waals surface area contributed by atoms with E-state index in [1.54, 1.807) is 24.3 Å². The van der Waals surface area contributed by atoms with Gasteiger partial charge in [-0.2, -0.15) is 0 Å². The van der Waals surface area contributed by atoms with Gasteiger partial charge in [-0.1, -0.05) is 42.1 Å². The summed E-state index contributed by atoms with van der Waals surface area (Å²) in [5, 5.41) is 7.45. The Labute approximate surface area is 170 Å². The van der Waals surface area contributed by atoms with E-state index in [-0.39, 0.29) is 17.7 Å². The summed E-state index contributed by atoms with van der Waals surface area (Å²) in [6.07, 6.45) is 7.60. The number of piperidine rings is 1. The van der Waals surface area contributed by atoms with Crippen LogP contribution < -0.4 is 5.32 Å². The minimum atomic E-state index is -0.566. The van der Waals surface area contributed by atoms with E-state index in [0.717, 1.165) is 45.1 Å². The lowest BCUT2D eigenvalue weighted by atomic mass is 9.85. The molecule has 1 aromatic carbocycles. The summed E-state index contributed by atoms with van der Waals surface area (Å²) in [6, 6.07) is 7.00. The largest absolute Gasteiger partial charge is 0.386 e. The molecule has 3 aliphatic rings. The summed E-state index contributed by atoms with van der Waals surface area (Å²) in [5.74, 6) is 0.117. The molecule has 1 N–H and O–H groups in total. The van der Waals surface area contributed by atoms with Crippen molar-refractivity contribution in [2.45, 2.75) is 57.0 Å². The summed E-state index contributed by atoms with van der Waals surface area (Å²) in [5.41, 5.74) is 0.426. The highest BCUT2D eigenvalue weighted by Gasteiger charge is 2.46. The summed E-state index contributed by atoms with van der Waals surface area (Å²) in [6.45, 7) is 1.28. The number of halogens is 1. The molecule has 1 saturated carbocycles. The first-order chi connectivity index (χ1) is 13.5. The van der Waals surface area contributed by atoms with Crippen molar-refractivity contribution >= 4 is 34.8 Å². The Morgan fingerprint density at radius 3 is 2.82 bits per heavy atom. The highest BCUT2D eigenvalue weighted by Crippen LogP contribution is 2.35. The smallest absolute Gasteiger partial charge is 0.273 e. The number of likely N-dealkylation sites (tertiary alicyclic amines) is 1. The standard InChI is InChI=1S/C21H26ClN3O3/c22-16-8-4-9-17(12-16)23-19(26)18-13-21(28-24-18)10-5-11-25(14-21)20(27)15-6-2-1-3-7-15/h4,8-9,12,15H,1-3,5-7,10-11,13-14H2,(H,23,26)/t21-/m1/s1. The number of hydrogen-bond donors (Lipinski definition) is 1. The Balaban J connectivity index is 1.37. The van der Waals surface area contributed by atoms with Crippen LogP contribution in [0.1, 0.15) is 51.4 Å². The first-order valence-electron chi connectivity index (χ1n) is 10.2. The number of anilines is 1. The topological polar surface area (TPSA) is 71.0 Å². The molecule has 2 fully saturated rings. The van der Waals surface area contributed by atoms with Crippen molar-refractivity contribution in [3.63, 3.8) is 0 Å². The average molecular weight is 404 g/mol. The van der Waals surface area contributed by atoms with Crippen LogP contribution in [0.3, 0.4) is 0 Å². The van der Waals surface area contributed by atoms with Gasteiger partial charge in [0, 0.05) is 29.6 Å². The summed E-state index contributed by atoms with van der Waals surface area (Å²) in [4.78, 5) is 33.2. The lowest BCUT2D eigenvalue weighted by Crippen LogP contribution is -2.52. The fourth-order valence-corrected chi connectivity index (χ4v) is 4.72. The van der Waals surface area contributed by atoms with Gasteiger partial charge in [0.2, 0.25) is 5.91 Å². The Kier molecular flexibility index (Phi) is 5.58. The van der Waals surface area contributed by atoms with Gasteiger partial charge in [0.15, 0.2) is 5.60 Å². The van der Waals surface area contributed by atoms with Crippen LogP contribution in [0.25, 0.3) is 0 Å². The quantitative estimate of drug-likeness (QED) is 0.829. The van der Waals surface area contributed by atoms with E-state index in [4.69, 9.17) is 16.4 Å². The molecule has 4 rings (SSSR count). The van der Waals surface area contributed by atoms with Crippen molar-refractivity contribution in [2.75, 3.05) is 18.4 Å². The second-order valence-corrected chi connectivity index (χ2v) is 8.59. The van der Waals surface area contributed by atoms with Gasteiger partial charge in [0.25, 0.3) is 5.91 Å². The maximum absolute atomic E-state index is 12.9. The Hall–Kier alpha value is -2.08. The first-order valence-corrected chi connectivity index (χ1v) is 10.5. The number of carbonyl (C=O) groups excluding carboxylic acids is 2. The molecule has 1 saturated heterocycles. The Bertz CT molecular complexity index is 791. The number of oxime groups is 1. The maximum atomic E-state index is 12.9. The lowest BCUT2D eigenvalue weighted by Gasteiger charge is -2.40. The van der Waals surface area contributed by atoms with Crippen LogP contribution in [0, 0.1) is 5.92 Å². The number of carbonyl (C=O) groups is 2.